The van der Waals surface area contributed by atoms with Crippen molar-refractivity contribution in [1.29, 1.82) is 0 Å². The van der Waals surface area contributed by atoms with Crippen LogP contribution in [0.15, 0.2) is 24.3 Å². The van der Waals surface area contributed by atoms with Crippen LogP contribution in [0.1, 0.15) is 25.8 Å². The Balaban J connectivity index is 2.16. The Bertz CT molecular complexity index is 363. The lowest BCUT2D eigenvalue weighted by Gasteiger charge is -2.30. The summed E-state index contributed by atoms with van der Waals surface area (Å²) >= 11 is 0. The highest BCUT2D eigenvalue weighted by Gasteiger charge is 2.22. The SMILES string of the molecule is CCc1ccc(N2CCC(C)NCC2CO)cc1. The molecular weight excluding hydrogens is 224 g/mol. The molecule has 2 rings (SSSR count). The number of anilines is 1. The minimum Gasteiger partial charge on any atom is -0.394 e. The van der Waals surface area contributed by atoms with Gasteiger partial charge in [0.2, 0.25) is 0 Å². The number of nitrogens with zero attached hydrogens (tertiary/aromatic N) is 1. The van der Waals surface area contributed by atoms with E-state index < -0.39 is 0 Å². The predicted molar refractivity (Wildman–Crippen MR) is 76.1 cm³/mol. The van der Waals surface area contributed by atoms with E-state index in [1.807, 2.05) is 0 Å². The molecule has 0 radical (unpaired) electrons. The molecule has 0 saturated carbocycles. The Hall–Kier alpha value is -1.06. The third-order valence-corrected chi connectivity index (χ3v) is 3.83. The fourth-order valence-corrected chi connectivity index (χ4v) is 2.49. The van der Waals surface area contributed by atoms with E-state index in [-0.39, 0.29) is 12.6 Å². The first-order valence-electron chi connectivity index (χ1n) is 6.94. The molecule has 2 unspecified atom stereocenters. The molecule has 2 N–H and O–H groups in total. The zero-order chi connectivity index (χ0) is 13.0. The van der Waals surface area contributed by atoms with Crippen LogP contribution >= 0.6 is 0 Å². The van der Waals surface area contributed by atoms with Crippen molar-refractivity contribution in [3.63, 3.8) is 0 Å². The van der Waals surface area contributed by atoms with Gasteiger partial charge in [0, 0.05) is 24.8 Å². The van der Waals surface area contributed by atoms with E-state index in [1.165, 1.54) is 11.3 Å². The Labute approximate surface area is 110 Å². The number of aryl methyl sites for hydroxylation is 1. The van der Waals surface area contributed by atoms with E-state index in [4.69, 9.17) is 0 Å². The molecule has 1 aliphatic rings. The number of rotatable bonds is 3. The Morgan fingerprint density at radius 2 is 2.06 bits per heavy atom. The van der Waals surface area contributed by atoms with E-state index in [0.29, 0.717) is 6.04 Å². The third kappa shape index (κ3) is 3.03. The molecule has 1 fully saturated rings. The summed E-state index contributed by atoms with van der Waals surface area (Å²) in [5.41, 5.74) is 2.59. The first-order valence-corrected chi connectivity index (χ1v) is 6.94. The molecule has 18 heavy (non-hydrogen) atoms. The highest BCUT2D eigenvalue weighted by Crippen LogP contribution is 2.20. The van der Waals surface area contributed by atoms with Crippen LogP contribution in [0.25, 0.3) is 0 Å². The first kappa shape index (κ1) is 13.4. The summed E-state index contributed by atoms with van der Waals surface area (Å²) in [7, 11) is 0. The monoisotopic (exact) mass is 248 g/mol. The van der Waals surface area contributed by atoms with Gasteiger partial charge in [0.25, 0.3) is 0 Å². The lowest BCUT2D eigenvalue weighted by molar-refractivity contribution is 0.259. The number of nitrogens with one attached hydrogen (secondary N) is 1. The summed E-state index contributed by atoms with van der Waals surface area (Å²) in [6.07, 6.45) is 2.19. The van der Waals surface area contributed by atoms with Crippen LogP contribution in [-0.2, 0) is 6.42 Å². The van der Waals surface area contributed by atoms with Gasteiger partial charge in [-0.15, -0.1) is 0 Å². The maximum absolute atomic E-state index is 9.55. The van der Waals surface area contributed by atoms with Crippen molar-refractivity contribution in [3.8, 4) is 0 Å². The Morgan fingerprint density at radius 1 is 1.33 bits per heavy atom. The molecule has 1 aromatic rings. The maximum atomic E-state index is 9.55. The fraction of sp³-hybridized carbons (Fsp3) is 0.600. The van der Waals surface area contributed by atoms with Crippen molar-refractivity contribution in [2.24, 2.45) is 0 Å². The molecule has 1 saturated heterocycles. The van der Waals surface area contributed by atoms with Crippen LogP contribution < -0.4 is 10.2 Å². The summed E-state index contributed by atoms with van der Waals surface area (Å²) in [5, 5.41) is 13.0. The fourth-order valence-electron chi connectivity index (χ4n) is 2.49. The van der Waals surface area contributed by atoms with Gasteiger partial charge < -0.3 is 15.3 Å². The highest BCUT2D eigenvalue weighted by atomic mass is 16.3. The maximum Gasteiger partial charge on any atom is 0.0647 e. The van der Waals surface area contributed by atoms with Gasteiger partial charge in [0.05, 0.1) is 12.6 Å². The molecule has 0 spiro atoms. The van der Waals surface area contributed by atoms with Gasteiger partial charge in [-0.3, -0.25) is 0 Å². The average molecular weight is 248 g/mol. The standard InChI is InChI=1S/C15H24N2O/c1-3-13-4-6-14(7-5-13)17-9-8-12(2)16-10-15(17)11-18/h4-7,12,15-16,18H,3,8-11H2,1-2H3. The number of benzene rings is 1. The molecule has 0 amide bonds. The minimum atomic E-state index is 0.183. The van der Waals surface area contributed by atoms with Crippen LogP contribution in [0.2, 0.25) is 0 Å². The molecule has 100 valence electrons. The summed E-state index contributed by atoms with van der Waals surface area (Å²) in [5.74, 6) is 0. The Kier molecular flexibility index (Phi) is 4.61. The molecular formula is C15H24N2O. The summed E-state index contributed by atoms with van der Waals surface area (Å²) in [4.78, 5) is 2.33. The molecule has 0 bridgehead atoms. The van der Waals surface area contributed by atoms with E-state index in [9.17, 15) is 5.11 Å². The predicted octanol–water partition coefficient (Wildman–Crippen LogP) is 1.80. The summed E-state index contributed by atoms with van der Waals surface area (Å²) in [6, 6.07) is 9.44. The van der Waals surface area contributed by atoms with Gasteiger partial charge in [0.15, 0.2) is 0 Å². The molecule has 0 aliphatic carbocycles. The third-order valence-electron chi connectivity index (χ3n) is 3.83. The van der Waals surface area contributed by atoms with Crippen LogP contribution in [-0.4, -0.2) is 36.9 Å². The number of hydrogen-bond acceptors (Lipinski definition) is 3. The molecule has 0 aromatic heterocycles. The van der Waals surface area contributed by atoms with Crippen molar-refractivity contribution in [1.82, 2.24) is 5.32 Å². The van der Waals surface area contributed by atoms with Gasteiger partial charge in [-0.1, -0.05) is 19.1 Å². The lowest BCUT2D eigenvalue weighted by Crippen LogP contribution is -2.42. The highest BCUT2D eigenvalue weighted by molar-refractivity contribution is 5.49. The van der Waals surface area contributed by atoms with E-state index in [1.54, 1.807) is 0 Å². The zero-order valence-electron chi connectivity index (χ0n) is 11.4. The van der Waals surface area contributed by atoms with Crippen LogP contribution in [0, 0.1) is 0 Å². The van der Waals surface area contributed by atoms with Crippen molar-refractivity contribution < 1.29 is 5.11 Å². The van der Waals surface area contributed by atoms with E-state index >= 15 is 0 Å². The van der Waals surface area contributed by atoms with Crippen LogP contribution in [0.4, 0.5) is 5.69 Å². The van der Waals surface area contributed by atoms with Crippen LogP contribution in [0.3, 0.4) is 0 Å². The number of aliphatic hydroxyl groups excluding tert-OH is 1. The summed E-state index contributed by atoms with van der Waals surface area (Å²) < 4.78 is 0. The normalized spacial score (nSPS) is 24.9. The molecule has 3 heteroatoms. The van der Waals surface area contributed by atoms with Crippen molar-refractivity contribution in [2.45, 2.75) is 38.8 Å². The molecule has 1 heterocycles. The summed E-state index contributed by atoms with van der Waals surface area (Å²) in [6.45, 7) is 6.44. The smallest absolute Gasteiger partial charge is 0.0647 e. The van der Waals surface area contributed by atoms with Crippen molar-refractivity contribution in [3.05, 3.63) is 29.8 Å². The second-order valence-electron chi connectivity index (χ2n) is 5.15. The second-order valence-corrected chi connectivity index (χ2v) is 5.15. The molecule has 2 atom stereocenters. The quantitative estimate of drug-likeness (QED) is 0.856. The Morgan fingerprint density at radius 3 is 2.67 bits per heavy atom. The lowest BCUT2D eigenvalue weighted by atomic mass is 10.1. The van der Waals surface area contributed by atoms with Gasteiger partial charge >= 0.3 is 0 Å². The number of hydrogen-bond donors (Lipinski definition) is 2. The minimum absolute atomic E-state index is 0.183. The first-order chi connectivity index (χ1) is 8.74. The molecule has 1 aliphatic heterocycles. The van der Waals surface area contributed by atoms with E-state index in [2.05, 4.69) is 48.3 Å². The van der Waals surface area contributed by atoms with Gasteiger partial charge in [-0.2, -0.15) is 0 Å². The van der Waals surface area contributed by atoms with Gasteiger partial charge in [0.1, 0.15) is 0 Å². The second kappa shape index (κ2) is 6.21. The van der Waals surface area contributed by atoms with Crippen molar-refractivity contribution in [2.75, 3.05) is 24.6 Å². The number of aliphatic hydroxyl groups is 1. The topological polar surface area (TPSA) is 35.5 Å². The zero-order valence-corrected chi connectivity index (χ0v) is 11.4. The van der Waals surface area contributed by atoms with Crippen molar-refractivity contribution >= 4 is 5.69 Å². The van der Waals surface area contributed by atoms with Crippen LogP contribution in [0.5, 0.6) is 0 Å². The molecule has 1 aromatic carbocycles. The average Bonchev–Trinajstić information content (AvgIpc) is 2.60. The largest absolute Gasteiger partial charge is 0.394 e. The van der Waals surface area contributed by atoms with E-state index in [0.717, 1.165) is 25.9 Å². The van der Waals surface area contributed by atoms with Gasteiger partial charge in [-0.25, -0.2) is 0 Å². The van der Waals surface area contributed by atoms with Gasteiger partial charge in [-0.05, 0) is 37.5 Å². The molecule has 3 nitrogen and oxygen atoms in total.